The van der Waals surface area contributed by atoms with Crippen LogP contribution in [0.15, 0.2) is 66.4 Å². The molecular weight excluding hydrogens is 414 g/mol. The Morgan fingerprint density at radius 1 is 0.875 bits per heavy atom. The molecule has 1 aliphatic rings. The zero-order valence-corrected chi connectivity index (χ0v) is 17.7. The van der Waals surface area contributed by atoms with Crippen molar-refractivity contribution in [2.75, 3.05) is 17.3 Å². The van der Waals surface area contributed by atoms with Gasteiger partial charge in [-0.1, -0.05) is 24.3 Å². The lowest BCUT2D eigenvalue weighted by Gasteiger charge is -2.19. The summed E-state index contributed by atoms with van der Waals surface area (Å²) < 4.78 is 32.3. The number of aryl methyl sites for hydroxylation is 1. The number of hydrogen-bond donors (Lipinski definition) is 1. The molecule has 7 heteroatoms. The summed E-state index contributed by atoms with van der Waals surface area (Å²) in [5.41, 5.74) is 2.92. The summed E-state index contributed by atoms with van der Waals surface area (Å²) in [6.07, 6.45) is 0. The van der Waals surface area contributed by atoms with Crippen LogP contribution in [0, 0.1) is 25.5 Å². The molecule has 1 heterocycles. The first kappa shape index (κ1) is 21.2. The van der Waals surface area contributed by atoms with Gasteiger partial charge in [0.1, 0.15) is 11.4 Å². The molecule has 0 saturated carbocycles. The highest BCUT2D eigenvalue weighted by Gasteiger charge is 2.41. The van der Waals surface area contributed by atoms with Crippen LogP contribution in [0.3, 0.4) is 0 Å². The standard InChI is InChI=1S/C25H20F2N2O3/c1-14-5-4-6-21(15(14)2)29-24(30)22(16-7-10-18(32-3)11-8-16)23(25(29)31)28-17-9-12-19(26)20(27)13-17/h4-13,28H,1-3H3. The van der Waals surface area contributed by atoms with Crippen LogP contribution in [-0.4, -0.2) is 18.9 Å². The van der Waals surface area contributed by atoms with Crippen LogP contribution in [-0.2, 0) is 9.59 Å². The van der Waals surface area contributed by atoms with E-state index in [0.29, 0.717) is 17.0 Å². The van der Waals surface area contributed by atoms with E-state index in [4.69, 9.17) is 4.74 Å². The number of methoxy groups -OCH3 is 1. The highest BCUT2D eigenvalue weighted by molar-refractivity contribution is 6.46. The molecule has 5 nitrogen and oxygen atoms in total. The zero-order chi connectivity index (χ0) is 23.0. The minimum Gasteiger partial charge on any atom is -0.497 e. The van der Waals surface area contributed by atoms with E-state index in [-0.39, 0.29) is 17.0 Å². The van der Waals surface area contributed by atoms with Crippen molar-refractivity contribution in [2.24, 2.45) is 0 Å². The molecule has 2 amide bonds. The van der Waals surface area contributed by atoms with Crippen molar-refractivity contribution < 1.29 is 23.1 Å². The number of rotatable bonds is 5. The normalized spacial score (nSPS) is 13.7. The number of anilines is 2. The predicted molar refractivity (Wildman–Crippen MR) is 118 cm³/mol. The van der Waals surface area contributed by atoms with Gasteiger partial charge in [0.15, 0.2) is 11.6 Å². The smallest absolute Gasteiger partial charge is 0.282 e. The van der Waals surface area contributed by atoms with E-state index in [2.05, 4.69) is 5.32 Å². The van der Waals surface area contributed by atoms with Crippen molar-refractivity contribution in [3.8, 4) is 5.75 Å². The molecule has 0 saturated heterocycles. The number of halogens is 2. The Morgan fingerprint density at radius 3 is 2.25 bits per heavy atom. The second-order valence-corrected chi connectivity index (χ2v) is 7.40. The van der Waals surface area contributed by atoms with Gasteiger partial charge in [0.05, 0.1) is 18.4 Å². The number of nitrogens with zero attached hydrogens (tertiary/aromatic N) is 1. The predicted octanol–water partition coefficient (Wildman–Crippen LogP) is 4.99. The van der Waals surface area contributed by atoms with Crippen LogP contribution in [0.1, 0.15) is 16.7 Å². The maximum absolute atomic E-state index is 13.8. The lowest BCUT2D eigenvalue weighted by atomic mass is 10.0. The summed E-state index contributed by atoms with van der Waals surface area (Å²) >= 11 is 0. The summed E-state index contributed by atoms with van der Waals surface area (Å²) in [5, 5.41) is 2.83. The molecule has 1 aliphatic heterocycles. The number of hydrogen-bond acceptors (Lipinski definition) is 4. The van der Waals surface area contributed by atoms with E-state index in [0.717, 1.165) is 28.2 Å². The van der Waals surface area contributed by atoms with Gasteiger partial charge in [0, 0.05) is 11.8 Å². The second kappa shape index (κ2) is 8.26. The molecule has 0 aliphatic carbocycles. The first-order valence-electron chi connectivity index (χ1n) is 9.87. The number of nitrogens with one attached hydrogen (secondary N) is 1. The number of amides is 2. The summed E-state index contributed by atoms with van der Waals surface area (Å²) in [6, 6.07) is 15.2. The van der Waals surface area contributed by atoms with E-state index in [9.17, 15) is 18.4 Å². The third-order valence-corrected chi connectivity index (χ3v) is 5.47. The molecule has 0 spiro atoms. The fourth-order valence-corrected chi connectivity index (χ4v) is 3.59. The minimum absolute atomic E-state index is 0.0212. The quantitative estimate of drug-likeness (QED) is 0.575. The van der Waals surface area contributed by atoms with Gasteiger partial charge in [-0.25, -0.2) is 13.7 Å². The maximum atomic E-state index is 13.8. The number of carbonyl (C=O) groups is 2. The van der Waals surface area contributed by atoms with Crippen LogP contribution in [0.25, 0.3) is 5.57 Å². The van der Waals surface area contributed by atoms with E-state index >= 15 is 0 Å². The monoisotopic (exact) mass is 434 g/mol. The Kier molecular flexibility index (Phi) is 5.48. The van der Waals surface area contributed by atoms with Crippen LogP contribution in [0.4, 0.5) is 20.2 Å². The molecule has 0 fully saturated rings. The molecule has 0 aromatic heterocycles. The van der Waals surface area contributed by atoms with E-state index in [1.165, 1.54) is 13.2 Å². The van der Waals surface area contributed by atoms with Gasteiger partial charge >= 0.3 is 0 Å². The number of ether oxygens (including phenoxy) is 1. The van der Waals surface area contributed by atoms with Crippen LogP contribution in [0.5, 0.6) is 5.75 Å². The third kappa shape index (κ3) is 3.62. The lowest BCUT2D eigenvalue weighted by molar-refractivity contribution is -0.120. The molecular formula is C25H20F2N2O3. The van der Waals surface area contributed by atoms with Gasteiger partial charge in [0.25, 0.3) is 11.8 Å². The number of imide groups is 1. The molecule has 162 valence electrons. The van der Waals surface area contributed by atoms with Crippen molar-refractivity contribution in [2.45, 2.75) is 13.8 Å². The Hall–Kier alpha value is -4.00. The fraction of sp³-hybridized carbons (Fsp3) is 0.120. The summed E-state index contributed by atoms with van der Waals surface area (Å²) in [7, 11) is 1.52. The first-order valence-corrected chi connectivity index (χ1v) is 9.87. The topological polar surface area (TPSA) is 58.6 Å². The summed E-state index contributed by atoms with van der Waals surface area (Å²) in [5.74, 6) is -2.58. The summed E-state index contributed by atoms with van der Waals surface area (Å²) in [6.45, 7) is 3.72. The van der Waals surface area contributed by atoms with Gasteiger partial charge < -0.3 is 10.1 Å². The molecule has 1 N–H and O–H groups in total. The molecule has 4 rings (SSSR count). The molecule has 0 bridgehead atoms. The second-order valence-electron chi connectivity index (χ2n) is 7.40. The SMILES string of the molecule is COc1ccc(C2=C(Nc3ccc(F)c(F)c3)C(=O)N(c3cccc(C)c3C)C2=O)cc1. The fourth-order valence-electron chi connectivity index (χ4n) is 3.59. The Balaban J connectivity index is 1.85. The third-order valence-electron chi connectivity index (χ3n) is 5.47. The first-order chi connectivity index (χ1) is 15.3. The Labute approximate surface area is 183 Å². The van der Waals surface area contributed by atoms with Crippen molar-refractivity contribution in [1.82, 2.24) is 0 Å². The zero-order valence-electron chi connectivity index (χ0n) is 17.7. The Morgan fingerprint density at radius 2 is 1.59 bits per heavy atom. The lowest BCUT2D eigenvalue weighted by Crippen LogP contribution is -2.33. The van der Waals surface area contributed by atoms with Gasteiger partial charge in [-0.05, 0) is 60.9 Å². The van der Waals surface area contributed by atoms with E-state index in [1.54, 1.807) is 36.4 Å². The number of benzene rings is 3. The van der Waals surface area contributed by atoms with Crippen LogP contribution >= 0.6 is 0 Å². The molecule has 3 aromatic carbocycles. The van der Waals surface area contributed by atoms with E-state index in [1.807, 2.05) is 19.9 Å². The average Bonchev–Trinajstić information content (AvgIpc) is 3.02. The minimum atomic E-state index is -1.07. The van der Waals surface area contributed by atoms with Crippen molar-refractivity contribution in [3.63, 3.8) is 0 Å². The van der Waals surface area contributed by atoms with Gasteiger partial charge in [-0.15, -0.1) is 0 Å². The molecule has 32 heavy (non-hydrogen) atoms. The van der Waals surface area contributed by atoms with Gasteiger partial charge in [-0.3, -0.25) is 9.59 Å². The van der Waals surface area contributed by atoms with Crippen molar-refractivity contribution in [3.05, 3.63) is 94.7 Å². The highest BCUT2D eigenvalue weighted by atomic mass is 19.2. The Bertz CT molecular complexity index is 1270. The van der Waals surface area contributed by atoms with Crippen molar-refractivity contribution >= 4 is 28.8 Å². The van der Waals surface area contributed by atoms with Crippen molar-refractivity contribution in [1.29, 1.82) is 0 Å². The highest BCUT2D eigenvalue weighted by Crippen LogP contribution is 2.36. The van der Waals surface area contributed by atoms with Crippen LogP contribution < -0.4 is 15.0 Å². The molecule has 0 atom stereocenters. The number of carbonyl (C=O) groups excluding carboxylic acids is 2. The average molecular weight is 434 g/mol. The van der Waals surface area contributed by atoms with E-state index < -0.39 is 23.4 Å². The maximum Gasteiger partial charge on any atom is 0.282 e. The molecule has 0 radical (unpaired) electrons. The van der Waals surface area contributed by atoms with Gasteiger partial charge in [0.2, 0.25) is 0 Å². The van der Waals surface area contributed by atoms with Crippen LogP contribution in [0.2, 0.25) is 0 Å². The summed E-state index contributed by atoms with van der Waals surface area (Å²) in [4.78, 5) is 28.0. The van der Waals surface area contributed by atoms with Gasteiger partial charge in [-0.2, -0.15) is 0 Å². The largest absolute Gasteiger partial charge is 0.497 e. The molecule has 3 aromatic rings. The molecule has 0 unspecified atom stereocenters.